The highest BCUT2D eigenvalue weighted by molar-refractivity contribution is 5.86. The van der Waals surface area contributed by atoms with Gasteiger partial charge in [-0.1, -0.05) is 20.3 Å². The van der Waals surface area contributed by atoms with Crippen molar-refractivity contribution >= 4 is 11.8 Å². The number of carbonyl (C=O) groups excluding carboxylic acids is 2. The van der Waals surface area contributed by atoms with Crippen molar-refractivity contribution in [3.8, 4) is 0 Å². The zero-order valence-corrected chi connectivity index (χ0v) is 10.9. The lowest BCUT2D eigenvalue weighted by atomic mass is 10.0. The largest absolute Gasteiger partial charge is 0.368 e. The van der Waals surface area contributed by atoms with E-state index in [0.717, 1.165) is 19.3 Å². The zero-order valence-electron chi connectivity index (χ0n) is 10.9. The molecular weight excluding hydrogens is 218 g/mol. The number of unbranched alkanes of at least 4 members (excludes halogenated alkanes) is 2. The Morgan fingerprint density at radius 1 is 1.18 bits per heavy atom. The second-order valence-electron chi connectivity index (χ2n) is 4.75. The maximum Gasteiger partial charge on any atom is 0.240 e. The normalized spacial score (nSPS) is 12.5. The van der Waals surface area contributed by atoms with Crippen molar-refractivity contribution in [1.29, 1.82) is 0 Å². The smallest absolute Gasteiger partial charge is 0.240 e. The molecule has 0 radical (unpaired) electrons. The number of hydrogen-bond donors (Lipinski definition) is 3. The summed E-state index contributed by atoms with van der Waals surface area (Å²) in [5.74, 6) is -0.245. The number of rotatable bonds is 9. The first-order chi connectivity index (χ1) is 7.97. The number of amides is 2. The maximum atomic E-state index is 11.6. The van der Waals surface area contributed by atoms with E-state index in [2.05, 4.69) is 5.32 Å². The monoisotopic (exact) mass is 243 g/mol. The predicted molar refractivity (Wildman–Crippen MR) is 68.1 cm³/mol. The fourth-order valence-corrected chi connectivity index (χ4v) is 1.59. The topological polar surface area (TPSA) is 98.2 Å². The molecule has 0 bridgehead atoms. The minimum atomic E-state index is -0.544. The summed E-state index contributed by atoms with van der Waals surface area (Å²) in [5, 5.41) is 2.68. The van der Waals surface area contributed by atoms with Crippen molar-refractivity contribution in [3.63, 3.8) is 0 Å². The van der Waals surface area contributed by atoms with E-state index in [4.69, 9.17) is 11.5 Å². The first-order valence-electron chi connectivity index (χ1n) is 6.26. The van der Waals surface area contributed by atoms with Crippen molar-refractivity contribution < 1.29 is 9.59 Å². The minimum Gasteiger partial charge on any atom is -0.368 e. The van der Waals surface area contributed by atoms with Crippen LogP contribution in [0.25, 0.3) is 0 Å². The standard InChI is InChI=1S/C12H25N3O2/c1-9(2)8-10(12(14)17)15-11(16)6-4-3-5-7-13/h9-10H,3-8,13H2,1-2H3,(H2,14,17)(H,15,16). The molecule has 2 amide bonds. The van der Waals surface area contributed by atoms with Gasteiger partial charge < -0.3 is 16.8 Å². The zero-order chi connectivity index (χ0) is 13.3. The van der Waals surface area contributed by atoms with Crippen LogP contribution in [0.4, 0.5) is 0 Å². The Balaban J connectivity index is 3.91. The molecule has 0 aromatic rings. The Morgan fingerprint density at radius 3 is 2.29 bits per heavy atom. The van der Waals surface area contributed by atoms with Gasteiger partial charge in [0.05, 0.1) is 0 Å². The van der Waals surface area contributed by atoms with Crippen LogP contribution in [0.2, 0.25) is 0 Å². The maximum absolute atomic E-state index is 11.6. The van der Waals surface area contributed by atoms with Crippen molar-refractivity contribution in [1.82, 2.24) is 5.32 Å². The third kappa shape index (κ3) is 8.68. The van der Waals surface area contributed by atoms with Gasteiger partial charge in [-0.25, -0.2) is 0 Å². The first-order valence-corrected chi connectivity index (χ1v) is 6.26. The molecule has 0 aromatic heterocycles. The van der Waals surface area contributed by atoms with Gasteiger partial charge in [-0.05, 0) is 31.7 Å². The van der Waals surface area contributed by atoms with E-state index >= 15 is 0 Å². The van der Waals surface area contributed by atoms with Crippen LogP contribution in [-0.2, 0) is 9.59 Å². The Kier molecular flexibility index (Phi) is 8.40. The Labute approximate surface area is 103 Å². The molecule has 0 aliphatic carbocycles. The average molecular weight is 243 g/mol. The van der Waals surface area contributed by atoms with Gasteiger partial charge in [-0.2, -0.15) is 0 Å². The van der Waals surface area contributed by atoms with Crippen LogP contribution in [0.15, 0.2) is 0 Å². The van der Waals surface area contributed by atoms with Crippen LogP contribution in [0.1, 0.15) is 46.0 Å². The van der Waals surface area contributed by atoms with Gasteiger partial charge in [0.1, 0.15) is 6.04 Å². The number of nitrogens with one attached hydrogen (secondary N) is 1. The van der Waals surface area contributed by atoms with Gasteiger partial charge in [0.15, 0.2) is 0 Å². The van der Waals surface area contributed by atoms with E-state index in [1.54, 1.807) is 0 Å². The quantitative estimate of drug-likeness (QED) is 0.515. The summed E-state index contributed by atoms with van der Waals surface area (Å²) in [5.41, 5.74) is 10.6. The molecule has 0 fully saturated rings. The fourth-order valence-electron chi connectivity index (χ4n) is 1.59. The second-order valence-corrected chi connectivity index (χ2v) is 4.75. The molecule has 100 valence electrons. The molecule has 17 heavy (non-hydrogen) atoms. The summed E-state index contributed by atoms with van der Waals surface area (Å²) in [6.45, 7) is 4.63. The van der Waals surface area contributed by atoms with Crippen LogP contribution in [-0.4, -0.2) is 24.4 Å². The molecule has 1 unspecified atom stereocenters. The molecule has 0 aliphatic rings. The molecule has 0 rings (SSSR count). The molecule has 0 aromatic carbocycles. The van der Waals surface area contributed by atoms with E-state index in [9.17, 15) is 9.59 Å². The molecule has 5 nitrogen and oxygen atoms in total. The lowest BCUT2D eigenvalue weighted by Crippen LogP contribution is -2.45. The van der Waals surface area contributed by atoms with Crippen LogP contribution >= 0.6 is 0 Å². The minimum absolute atomic E-state index is 0.105. The van der Waals surface area contributed by atoms with Crippen molar-refractivity contribution in [3.05, 3.63) is 0 Å². The summed E-state index contributed by atoms with van der Waals surface area (Å²) in [4.78, 5) is 22.7. The summed E-state index contributed by atoms with van der Waals surface area (Å²) in [6, 6.07) is -0.544. The molecule has 0 saturated heterocycles. The van der Waals surface area contributed by atoms with Gasteiger partial charge >= 0.3 is 0 Å². The summed E-state index contributed by atoms with van der Waals surface area (Å²) in [7, 11) is 0. The molecule has 0 saturated carbocycles. The third-order valence-corrected chi connectivity index (χ3v) is 2.49. The van der Waals surface area contributed by atoms with Crippen LogP contribution in [0.3, 0.4) is 0 Å². The van der Waals surface area contributed by atoms with Crippen LogP contribution < -0.4 is 16.8 Å². The highest BCUT2D eigenvalue weighted by Crippen LogP contribution is 2.05. The van der Waals surface area contributed by atoms with Crippen molar-refractivity contribution in [2.75, 3.05) is 6.54 Å². The summed E-state index contributed by atoms with van der Waals surface area (Å²) >= 11 is 0. The average Bonchev–Trinajstić information content (AvgIpc) is 2.22. The van der Waals surface area contributed by atoms with E-state index in [1.165, 1.54) is 0 Å². The molecule has 0 spiro atoms. The van der Waals surface area contributed by atoms with Gasteiger partial charge in [-0.3, -0.25) is 9.59 Å². The molecule has 5 N–H and O–H groups in total. The Morgan fingerprint density at radius 2 is 1.82 bits per heavy atom. The van der Waals surface area contributed by atoms with E-state index < -0.39 is 11.9 Å². The molecular formula is C12H25N3O2. The van der Waals surface area contributed by atoms with E-state index in [-0.39, 0.29) is 5.91 Å². The molecule has 5 heteroatoms. The number of nitrogens with two attached hydrogens (primary N) is 2. The van der Waals surface area contributed by atoms with Gasteiger partial charge in [0.2, 0.25) is 11.8 Å². The number of hydrogen-bond acceptors (Lipinski definition) is 3. The van der Waals surface area contributed by atoms with E-state index in [1.807, 2.05) is 13.8 Å². The summed E-state index contributed by atoms with van der Waals surface area (Å²) in [6.07, 6.45) is 3.69. The predicted octanol–water partition coefficient (Wildman–Crippen LogP) is 0.522. The third-order valence-electron chi connectivity index (χ3n) is 2.49. The van der Waals surface area contributed by atoms with Gasteiger partial charge in [-0.15, -0.1) is 0 Å². The second kappa shape index (κ2) is 8.98. The van der Waals surface area contributed by atoms with Crippen molar-refractivity contribution in [2.45, 2.75) is 52.0 Å². The SMILES string of the molecule is CC(C)CC(NC(=O)CCCCCN)C(N)=O. The molecule has 0 aliphatic heterocycles. The van der Waals surface area contributed by atoms with Crippen molar-refractivity contribution in [2.24, 2.45) is 17.4 Å². The first kappa shape index (κ1) is 15.9. The number of primary amides is 1. The van der Waals surface area contributed by atoms with Crippen LogP contribution in [0, 0.1) is 5.92 Å². The highest BCUT2D eigenvalue weighted by Gasteiger charge is 2.18. The Bertz CT molecular complexity index is 242. The van der Waals surface area contributed by atoms with E-state index in [0.29, 0.717) is 25.3 Å². The number of carbonyl (C=O) groups is 2. The lowest BCUT2D eigenvalue weighted by Gasteiger charge is -2.17. The van der Waals surface area contributed by atoms with Gasteiger partial charge in [0.25, 0.3) is 0 Å². The Hall–Kier alpha value is -1.10. The molecule has 0 heterocycles. The highest BCUT2D eigenvalue weighted by atomic mass is 16.2. The lowest BCUT2D eigenvalue weighted by molar-refractivity contribution is -0.127. The fraction of sp³-hybridized carbons (Fsp3) is 0.833. The van der Waals surface area contributed by atoms with Crippen LogP contribution in [0.5, 0.6) is 0 Å². The molecule has 1 atom stereocenters. The van der Waals surface area contributed by atoms with Gasteiger partial charge in [0, 0.05) is 6.42 Å². The summed E-state index contributed by atoms with van der Waals surface area (Å²) < 4.78 is 0.